The van der Waals surface area contributed by atoms with E-state index in [0.717, 1.165) is 0 Å². The molecule has 0 amide bonds. The molecule has 0 spiro atoms. The maximum Gasteiger partial charge on any atom is 0.387 e. The standard InChI is InChI=1S/C10H9BrF2O2S/c11-4-3-8(14)7-5-6(16)1-2-9(7)15-10(12)13/h1-2,5,10,16H,3-4H2. The van der Waals surface area contributed by atoms with E-state index in [2.05, 4.69) is 33.3 Å². The Labute approximate surface area is 106 Å². The minimum Gasteiger partial charge on any atom is -0.434 e. The van der Waals surface area contributed by atoms with Crippen LogP contribution in [0.3, 0.4) is 0 Å². The number of benzene rings is 1. The Bertz CT molecular complexity index is 385. The second-order valence-electron chi connectivity index (χ2n) is 2.92. The third kappa shape index (κ3) is 3.75. The lowest BCUT2D eigenvalue weighted by atomic mass is 10.1. The van der Waals surface area contributed by atoms with E-state index in [9.17, 15) is 13.6 Å². The van der Waals surface area contributed by atoms with Crippen molar-refractivity contribution in [3.05, 3.63) is 23.8 Å². The predicted molar refractivity (Wildman–Crippen MR) is 63.1 cm³/mol. The monoisotopic (exact) mass is 310 g/mol. The third-order valence-corrected chi connectivity index (χ3v) is 2.48. The van der Waals surface area contributed by atoms with Gasteiger partial charge in [-0.15, -0.1) is 12.6 Å². The molecule has 0 fully saturated rings. The van der Waals surface area contributed by atoms with E-state index in [1.54, 1.807) is 0 Å². The molecule has 0 saturated carbocycles. The summed E-state index contributed by atoms with van der Waals surface area (Å²) < 4.78 is 28.4. The molecule has 1 aromatic rings. The molecule has 88 valence electrons. The van der Waals surface area contributed by atoms with Crippen LogP contribution in [0.15, 0.2) is 23.1 Å². The number of hydrogen-bond acceptors (Lipinski definition) is 3. The number of Topliss-reactive ketones (excluding diaryl/α,β-unsaturated/α-hetero) is 1. The van der Waals surface area contributed by atoms with Crippen LogP contribution in [-0.2, 0) is 0 Å². The zero-order chi connectivity index (χ0) is 12.1. The van der Waals surface area contributed by atoms with Crippen molar-refractivity contribution in [2.75, 3.05) is 5.33 Å². The highest BCUT2D eigenvalue weighted by atomic mass is 79.9. The minimum atomic E-state index is -2.94. The third-order valence-electron chi connectivity index (χ3n) is 1.80. The fourth-order valence-corrected chi connectivity index (χ4v) is 1.72. The highest BCUT2D eigenvalue weighted by molar-refractivity contribution is 9.09. The number of hydrogen-bond donors (Lipinski definition) is 1. The van der Waals surface area contributed by atoms with Crippen molar-refractivity contribution in [3.8, 4) is 5.75 Å². The van der Waals surface area contributed by atoms with Crippen LogP contribution in [0.4, 0.5) is 8.78 Å². The second kappa shape index (κ2) is 6.20. The van der Waals surface area contributed by atoms with E-state index in [0.29, 0.717) is 10.2 Å². The van der Waals surface area contributed by atoms with E-state index in [-0.39, 0.29) is 23.5 Å². The van der Waals surface area contributed by atoms with Crippen LogP contribution in [-0.4, -0.2) is 17.7 Å². The second-order valence-corrected chi connectivity index (χ2v) is 4.23. The van der Waals surface area contributed by atoms with Gasteiger partial charge in [-0.05, 0) is 18.2 Å². The number of ether oxygens (including phenoxy) is 1. The van der Waals surface area contributed by atoms with Crippen molar-refractivity contribution in [2.45, 2.75) is 17.9 Å². The molecule has 16 heavy (non-hydrogen) atoms. The van der Waals surface area contributed by atoms with Gasteiger partial charge in [-0.25, -0.2) is 0 Å². The average molecular weight is 311 g/mol. The van der Waals surface area contributed by atoms with Crippen molar-refractivity contribution in [1.29, 1.82) is 0 Å². The SMILES string of the molecule is O=C(CCBr)c1cc(S)ccc1OC(F)F. The van der Waals surface area contributed by atoms with Gasteiger partial charge >= 0.3 is 6.61 Å². The lowest BCUT2D eigenvalue weighted by Crippen LogP contribution is -2.08. The largest absolute Gasteiger partial charge is 0.434 e. The lowest BCUT2D eigenvalue weighted by Gasteiger charge is -2.09. The van der Waals surface area contributed by atoms with Crippen LogP contribution in [0.2, 0.25) is 0 Å². The molecule has 0 unspecified atom stereocenters. The Balaban J connectivity index is 3.02. The molecular weight excluding hydrogens is 302 g/mol. The van der Waals surface area contributed by atoms with E-state index in [1.807, 2.05) is 0 Å². The maximum atomic E-state index is 12.1. The number of alkyl halides is 3. The molecule has 6 heteroatoms. The van der Waals surface area contributed by atoms with Gasteiger partial charge in [0.2, 0.25) is 0 Å². The molecule has 0 saturated heterocycles. The summed E-state index contributed by atoms with van der Waals surface area (Å²) in [4.78, 5) is 12.1. The lowest BCUT2D eigenvalue weighted by molar-refractivity contribution is -0.0501. The molecule has 0 bridgehead atoms. The van der Waals surface area contributed by atoms with Gasteiger partial charge in [0.1, 0.15) is 5.75 Å². The Morgan fingerprint density at radius 2 is 2.19 bits per heavy atom. The first-order chi connectivity index (χ1) is 7.54. The summed E-state index contributed by atoms with van der Waals surface area (Å²) >= 11 is 7.16. The molecule has 0 aliphatic carbocycles. The maximum absolute atomic E-state index is 12.1. The summed E-state index contributed by atoms with van der Waals surface area (Å²) in [5, 5.41) is 0.469. The highest BCUT2D eigenvalue weighted by Crippen LogP contribution is 2.25. The van der Waals surface area contributed by atoms with Gasteiger partial charge in [0.25, 0.3) is 0 Å². The van der Waals surface area contributed by atoms with Crippen LogP contribution >= 0.6 is 28.6 Å². The summed E-state index contributed by atoms with van der Waals surface area (Å²) in [6.45, 7) is -2.94. The molecule has 0 atom stereocenters. The topological polar surface area (TPSA) is 26.3 Å². The first-order valence-corrected chi connectivity index (χ1v) is 5.98. The summed E-state index contributed by atoms with van der Waals surface area (Å²) in [5.74, 6) is -0.373. The van der Waals surface area contributed by atoms with Gasteiger partial charge in [-0.3, -0.25) is 4.79 Å². The molecule has 0 aromatic heterocycles. The van der Waals surface area contributed by atoms with Crippen LogP contribution in [0.1, 0.15) is 16.8 Å². The number of ketones is 1. The van der Waals surface area contributed by atoms with Crippen molar-refractivity contribution in [3.63, 3.8) is 0 Å². The van der Waals surface area contributed by atoms with E-state index >= 15 is 0 Å². The average Bonchev–Trinajstić information content (AvgIpc) is 2.20. The number of thiol groups is 1. The summed E-state index contributed by atoms with van der Waals surface area (Å²) in [6.07, 6.45) is 0.219. The van der Waals surface area contributed by atoms with E-state index in [1.165, 1.54) is 18.2 Å². The zero-order valence-corrected chi connectivity index (χ0v) is 10.6. The number of carbonyl (C=O) groups is 1. The molecule has 2 nitrogen and oxygen atoms in total. The van der Waals surface area contributed by atoms with E-state index in [4.69, 9.17) is 0 Å². The smallest absolute Gasteiger partial charge is 0.387 e. The Kier molecular flexibility index (Phi) is 5.21. The first kappa shape index (κ1) is 13.4. The minimum absolute atomic E-state index is 0.112. The van der Waals surface area contributed by atoms with Gasteiger partial charge in [0, 0.05) is 16.6 Å². The van der Waals surface area contributed by atoms with Gasteiger partial charge in [-0.2, -0.15) is 8.78 Å². The molecule has 0 N–H and O–H groups in total. The van der Waals surface area contributed by atoms with Gasteiger partial charge in [0.15, 0.2) is 5.78 Å². The molecule has 0 aliphatic heterocycles. The molecular formula is C10H9BrF2O2S. The van der Waals surface area contributed by atoms with Crippen LogP contribution in [0, 0.1) is 0 Å². The number of carbonyl (C=O) groups excluding carboxylic acids is 1. The zero-order valence-electron chi connectivity index (χ0n) is 8.12. The number of halogens is 3. The summed E-state index contributed by atoms with van der Waals surface area (Å²) in [6, 6.07) is 4.23. The molecule has 1 rings (SSSR count). The number of rotatable bonds is 5. The molecule has 0 radical (unpaired) electrons. The molecule has 1 aromatic carbocycles. The fourth-order valence-electron chi connectivity index (χ4n) is 1.16. The quantitative estimate of drug-likeness (QED) is 0.511. The predicted octanol–water partition coefficient (Wildman–Crippen LogP) is 3.54. The first-order valence-electron chi connectivity index (χ1n) is 4.41. The van der Waals surface area contributed by atoms with Crippen molar-refractivity contribution in [1.82, 2.24) is 0 Å². The Morgan fingerprint density at radius 1 is 1.50 bits per heavy atom. The van der Waals surface area contributed by atoms with Crippen molar-refractivity contribution >= 4 is 34.3 Å². The fraction of sp³-hybridized carbons (Fsp3) is 0.300. The van der Waals surface area contributed by atoms with Crippen molar-refractivity contribution in [2.24, 2.45) is 0 Å². The molecule has 0 aliphatic rings. The van der Waals surface area contributed by atoms with Gasteiger partial charge in [-0.1, -0.05) is 15.9 Å². The van der Waals surface area contributed by atoms with Crippen LogP contribution in [0.5, 0.6) is 5.75 Å². The van der Waals surface area contributed by atoms with Crippen LogP contribution in [0.25, 0.3) is 0 Å². The Morgan fingerprint density at radius 3 is 2.75 bits per heavy atom. The van der Waals surface area contributed by atoms with Gasteiger partial charge < -0.3 is 4.74 Å². The summed E-state index contributed by atoms with van der Waals surface area (Å²) in [7, 11) is 0. The Hall–Kier alpha value is -0.620. The normalized spacial score (nSPS) is 10.6. The van der Waals surface area contributed by atoms with Gasteiger partial charge in [0.05, 0.1) is 5.56 Å². The molecule has 0 heterocycles. The highest BCUT2D eigenvalue weighted by Gasteiger charge is 2.15. The van der Waals surface area contributed by atoms with Crippen LogP contribution < -0.4 is 4.74 Å². The van der Waals surface area contributed by atoms with Crippen molar-refractivity contribution < 1.29 is 18.3 Å². The summed E-state index contributed by atoms with van der Waals surface area (Å²) in [5.41, 5.74) is 0.132. The van der Waals surface area contributed by atoms with E-state index < -0.39 is 6.61 Å².